The number of hydrogen-bond acceptors (Lipinski definition) is 2. The van der Waals surface area contributed by atoms with Gasteiger partial charge in [-0.25, -0.2) is 8.78 Å². The lowest BCUT2D eigenvalue weighted by molar-refractivity contribution is -0.131. The number of carbonyl (C=O) groups excluding carboxylic acids is 1. The van der Waals surface area contributed by atoms with E-state index in [1.807, 2.05) is 0 Å². The Kier molecular flexibility index (Phi) is 5.89. The summed E-state index contributed by atoms with van der Waals surface area (Å²) in [6, 6.07) is 3.41. The largest absolute Gasteiger partial charge is 0.339 e. The van der Waals surface area contributed by atoms with Crippen LogP contribution in [-0.4, -0.2) is 24.4 Å². The topological polar surface area (TPSA) is 46.3 Å². The van der Waals surface area contributed by atoms with E-state index < -0.39 is 11.6 Å². The first kappa shape index (κ1) is 15.6. The van der Waals surface area contributed by atoms with E-state index in [-0.39, 0.29) is 11.9 Å². The predicted octanol–water partition coefficient (Wildman–Crippen LogP) is 2.61. The SMILES string of the molecule is CC(c1ccc(F)c(F)c1)N(C)C(=O)CCCCN. The first-order valence-corrected chi connectivity index (χ1v) is 6.38. The quantitative estimate of drug-likeness (QED) is 0.808. The number of hydrogen-bond donors (Lipinski definition) is 1. The second kappa shape index (κ2) is 7.19. The van der Waals surface area contributed by atoms with Gasteiger partial charge >= 0.3 is 0 Å². The van der Waals surface area contributed by atoms with E-state index in [4.69, 9.17) is 5.73 Å². The maximum Gasteiger partial charge on any atom is 0.222 e. The molecule has 0 aliphatic carbocycles. The van der Waals surface area contributed by atoms with Crippen LogP contribution in [0.3, 0.4) is 0 Å². The third-order valence-corrected chi connectivity index (χ3v) is 3.25. The molecule has 1 rings (SSSR count). The molecule has 0 saturated heterocycles. The van der Waals surface area contributed by atoms with Crippen LogP contribution < -0.4 is 5.73 Å². The maximum absolute atomic E-state index is 13.2. The summed E-state index contributed by atoms with van der Waals surface area (Å²) in [7, 11) is 1.66. The molecule has 0 radical (unpaired) electrons. The summed E-state index contributed by atoms with van der Waals surface area (Å²) in [5, 5.41) is 0. The molecule has 1 aromatic carbocycles. The number of rotatable bonds is 6. The van der Waals surface area contributed by atoms with Crippen LogP contribution in [0.4, 0.5) is 8.78 Å². The fourth-order valence-corrected chi connectivity index (χ4v) is 1.81. The molecule has 3 nitrogen and oxygen atoms in total. The zero-order valence-corrected chi connectivity index (χ0v) is 11.3. The molecule has 0 aliphatic rings. The molecule has 0 heterocycles. The molecule has 19 heavy (non-hydrogen) atoms. The monoisotopic (exact) mass is 270 g/mol. The number of unbranched alkanes of at least 4 members (excludes halogenated alkanes) is 1. The van der Waals surface area contributed by atoms with E-state index in [1.54, 1.807) is 18.9 Å². The Hall–Kier alpha value is -1.49. The summed E-state index contributed by atoms with van der Waals surface area (Å²) in [6.07, 6.45) is 1.96. The van der Waals surface area contributed by atoms with Crippen molar-refractivity contribution in [3.63, 3.8) is 0 Å². The fraction of sp³-hybridized carbons (Fsp3) is 0.500. The molecule has 1 atom stereocenters. The summed E-state index contributed by atoms with van der Waals surface area (Å²) >= 11 is 0. The van der Waals surface area contributed by atoms with Gasteiger partial charge in [0.25, 0.3) is 0 Å². The predicted molar refractivity (Wildman–Crippen MR) is 70.4 cm³/mol. The summed E-state index contributed by atoms with van der Waals surface area (Å²) in [4.78, 5) is 13.4. The molecule has 0 fully saturated rings. The molecule has 0 bridgehead atoms. The number of amides is 1. The molecular weight excluding hydrogens is 250 g/mol. The zero-order valence-electron chi connectivity index (χ0n) is 11.3. The first-order chi connectivity index (χ1) is 8.97. The Labute approximate surface area is 112 Å². The van der Waals surface area contributed by atoms with Crippen molar-refractivity contribution >= 4 is 5.91 Å². The Bertz CT molecular complexity index is 437. The number of benzene rings is 1. The van der Waals surface area contributed by atoms with Crippen molar-refractivity contribution in [2.24, 2.45) is 5.73 Å². The van der Waals surface area contributed by atoms with Gasteiger partial charge in [0.2, 0.25) is 5.91 Å². The van der Waals surface area contributed by atoms with Crippen LogP contribution >= 0.6 is 0 Å². The third kappa shape index (κ3) is 4.28. The van der Waals surface area contributed by atoms with E-state index in [9.17, 15) is 13.6 Å². The van der Waals surface area contributed by atoms with Crippen molar-refractivity contribution in [1.29, 1.82) is 0 Å². The minimum atomic E-state index is -0.895. The average molecular weight is 270 g/mol. The van der Waals surface area contributed by atoms with Gasteiger partial charge in [-0.3, -0.25) is 4.79 Å². The lowest BCUT2D eigenvalue weighted by atomic mass is 10.1. The van der Waals surface area contributed by atoms with E-state index in [2.05, 4.69) is 0 Å². The molecule has 106 valence electrons. The summed E-state index contributed by atoms with van der Waals surface area (Å²) in [6.45, 7) is 2.35. The van der Waals surface area contributed by atoms with Crippen LogP contribution in [0.15, 0.2) is 18.2 Å². The molecule has 1 amide bonds. The molecule has 1 aromatic rings. The normalized spacial score (nSPS) is 12.3. The smallest absolute Gasteiger partial charge is 0.222 e. The van der Waals surface area contributed by atoms with Crippen molar-refractivity contribution in [1.82, 2.24) is 4.90 Å². The first-order valence-electron chi connectivity index (χ1n) is 6.38. The van der Waals surface area contributed by atoms with Gasteiger partial charge in [-0.1, -0.05) is 6.07 Å². The van der Waals surface area contributed by atoms with Crippen molar-refractivity contribution in [3.8, 4) is 0 Å². The molecule has 0 spiro atoms. The van der Waals surface area contributed by atoms with Gasteiger partial charge in [-0.15, -0.1) is 0 Å². The van der Waals surface area contributed by atoms with Crippen LogP contribution in [0.25, 0.3) is 0 Å². The van der Waals surface area contributed by atoms with Gasteiger partial charge in [0.15, 0.2) is 11.6 Å². The van der Waals surface area contributed by atoms with Crippen LogP contribution in [0.2, 0.25) is 0 Å². The minimum absolute atomic E-state index is 0.0225. The summed E-state index contributed by atoms with van der Waals surface area (Å²) in [5.74, 6) is -1.80. The zero-order chi connectivity index (χ0) is 14.4. The van der Waals surface area contributed by atoms with Gasteiger partial charge in [0.05, 0.1) is 6.04 Å². The molecule has 2 N–H and O–H groups in total. The number of halogens is 2. The van der Waals surface area contributed by atoms with Gasteiger partial charge in [-0.05, 0) is 44.0 Å². The Morgan fingerprint density at radius 3 is 2.58 bits per heavy atom. The second-order valence-corrected chi connectivity index (χ2v) is 4.60. The highest BCUT2D eigenvalue weighted by Gasteiger charge is 2.18. The third-order valence-electron chi connectivity index (χ3n) is 3.25. The van der Waals surface area contributed by atoms with Gasteiger partial charge in [-0.2, -0.15) is 0 Å². The molecule has 5 heteroatoms. The molecule has 0 aromatic heterocycles. The van der Waals surface area contributed by atoms with E-state index in [1.165, 1.54) is 6.07 Å². The van der Waals surface area contributed by atoms with E-state index in [0.29, 0.717) is 18.5 Å². The Morgan fingerprint density at radius 1 is 1.32 bits per heavy atom. The second-order valence-electron chi connectivity index (χ2n) is 4.60. The maximum atomic E-state index is 13.2. The highest BCUT2D eigenvalue weighted by Crippen LogP contribution is 2.21. The highest BCUT2D eigenvalue weighted by atomic mass is 19.2. The van der Waals surface area contributed by atoms with Gasteiger partial charge in [0, 0.05) is 13.5 Å². The van der Waals surface area contributed by atoms with Crippen molar-refractivity contribution in [2.45, 2.75) is 32.2 Å². The molecule has 0 aliphatic heterocycles. The van der Waals surface area contributed by atoms with Gasteiger partial charge < -0.3 is 10.6 Å². The van der Waals surface area contributed by atoms with Crippen molar-refractivity contribution in [3.05, 3.63) is 35.4 Å². The van der Waals surface area contributed by atoms with E-state index in [0.717, 1.165) is 25.0 Å². The molecule has 0 saturated carbocycles. The molecule has 1 unspecified atom stereocenters. The lowest BCUT2D eigenvalue weighted by Crippen LogP contribution is -2.29. The highest BCUT2D eigenvalue weighted by molar-refractivity contribution is 5.76. The summed E-state index contributed by atoms with van der Waals surface area (Å²) < 4.78 is 26.0. The summed E-state index contributed by atoms with van der Waals surface area (Å²) in [5.41, 5.74) is 5.95. The van der Waals surface area contributed by atoms with Crippen LogP contribution in [0, 0.1) is 11.6 Å². The van der Waals surface area contributed by atoms with Crippen LogP contribution in [0.5, 0.6) is 0 Å². The van der Waals surface area contributed by atoms with Crippen molar-refractivity contribution < 1.29 is 13.6 Å². The standard InChI is InChI=1S/C14H20F2N2O/c1-10(11-6-7-12(15)13(16)9-11)18(2)14(19)5-3-4-8-17/h6-7,9-10H,3-5,8,17H2,1-2H3. The Balaban J connectivity index is 2.67. The van der Waals surface area contributed by atoms with Crippen molar-refractivity contribution in [2.75, 3.05) is 13.6 Å². The fourth-order valence-electron chi connectivity index (χ4n) is 1.81. The molecular formula is C14H20F2N2O. The van der Waals surface area contributed by atoms with Crippen LogP contribution in [-0.2, 0) is 4.79 Å². The number of nitrogens with two attached hydrogens (primary N) is 1. The van der Waals surface area contributed by atoms with Gasteiger partial charge in [0.1, 0.15) is 0 Å². The lowest BCUT2D eigenvalue weighted by Gasteiger charge is -2.25. The van der Waals surface area contributed by atoms with E-state index >= 15 is 0 Å². The average Bonchev–Trinajstić information content (AvgIpc) is 2.40. The number of carbonyl (C=O) groups is 1. The number of nitrogens with zero attached hydrogens (tertiary/aromatic N) is 1. The Morgan fingerprint density at radius 2 is 2.00 bits per heavy atom. The van der Waals surface area contributed by atoms with Crippen LogP contribution in [0.1, 0.15) is 37.8 Å². The minimum Gasteiger partial charge on any atom is -0.339 e.